The number of nitrogens with zero attached hydrogens (tertiary/aromatic N) is 4. The fourth-order valence-corrected chi connectivity index (χ4v) is 2.88. The van der Waals surface area contributed by atoms with Gasteiger partial charge >= 0.3 is 0 Å². The Morgan fingerprint density at radius 1 is 1.24 bits per heavy atom. The van der Waals surface area contributed by atoms with Crippen molar-refractivity contribution in [3.63, 3.8) is 0 Å². The molecule has 0 aromatic carbocycles. The molecule has 1 aromatic rings. The minimum Gasteiger partial charge on any atom is -0.424 e. The summed E-state index contributed by atoms with van der Waals surface area (Å²) in [6.45, 7) is 11.4. The summed E-state index contributed by atoms with van der Waals surface area (Å²) in [5.74, 6) is 1.94. The Morgan fingerprint density at radius 3 is 2.60 bits per heavy atom. The van der Waals surface area contributed by atoms with E-state index in [9.17, 15) is 4.79 Å². The fourth-order valence-electron chi connectivity index (χ4n) is 2.88. The molecule has 1 aliphatic heterocycles. The lowest BCUT2D eigenvalue weighted by Crippen LogP contribution is -2.50. The molecule has 8 heteroatoms. The average molecular weight is 353 g/mol. The van der Waals surface area contributed by atoms with Crippen molar-refractivity contribution in [2.75, 3.05) is 53.0 Å². The number of amides is 1. The number of hydrogen-bond donors (Lipinski definition) is 1. The molecule has 1 fully saturated rings. The molecule has 1 N–H and O–H groups in total. The molecule has 0 aliphatic carbocycles. The second-order valence-corrected chi connectivity index (χ2v) is 6.96. The molecule has 1 aliphatic rings. The summed E-state index contributed by atoms with van der Waals surface area (Å²) in [5, 5.41) is 11.2. The Kier molecular flexibility index (Phi) is 7.80. The van der Waals surface area contributed by atoms with Crippen molar-refractivity contribution in [3.8, 4) is 0 Å². The Balaban J connectivity index is 1.75. The Hall–Kier alpha value is -1.51. The molecular formula is C17H31N5O3. The van der Waals surface area contributed by atoms with Gasteiger partial charge < -0.3 is 14.5 Å². The van der Waals surface area contributed by atoms with Crippen LogP contribution in [0.2, 0.25) is 0 Å². The lowest BCUT2D eigenvalue weighted by molar-refractivity contribution is -0.122. The van der Waals surface area contributed by atoms with Crippen LogP contribution < -0.4 is 5.32 Å². The molecule has 0 bridgehead atoms. The Labute approximate surface area is 149 Å². The number of nitrogens with one attached hydrogen (secondary N) is 1. The van der Waals surface area contributed by atoms with Gasteiger partial charge in [-0.15, -0.1) is 10.2 Å². The van der Waals surface area contributed by atoms with Crippen LogP contribution in [0.5, 0.6) is 0 Å². The predicted molar refractivity (Wildman–Crippen MR) is 94.2 cm³/mol. The topological polar surface area (TPSA) is 83.7 Å². The van der Waals surface area contributed by atoms with Crippen LogP contribution in [0.25, 0.3) is 0 Å². The maximum absolute atomic E-state index is 11.9. The number of hydrogen-bond acceptors (Lipinski definition) is 7. The van der Waals surface area contributed by atoms with E-state index in [1.165, 1.54) is 0 Å². The minimum atomic E-state index is 0.0498. The zero-order valence-corrected chi connectivity index (χ0v) is 15.8. The van der Waals surface area contributed by atoms with E-state index in [0.717, 1.165) is 32.6 Å². The molecule has 0 saturated carbocycles. The summed E-state index contributed by atoms with van der Waals surface area (Å²) in [5.41, 5.74) is 0. The zero-order valence-electron chi connectivity index (χ0n) is 15.8. The van der Waals surface area contributed by atoms with Crippen LogP contribution in [0.15, 0.2) is 4.42 Å². The van der Waals surface area contributed by atoms with Gasteiger partial charge in [0.2, 0.25) is 17.7 Å². The monoisotopic (exact) mass is 353 g/mol. The van der Waals surface area contributed by atoms with Gasteiger partial charge in [-0.25, -0.2) is 0 Å². The van der Waals surface area contributed by atoms with E-state index >= 15 is 0 Å². The third kappa shape index (κ3) is 6.37. The number of aromatic nitrogens is 2. The molecule has 1 amide bonds. The van der Waals surface area contributed by atoms with Gasteiger partial charge in [-0.2, -0.15) is 0 Å². The lowest BCUT2D eigenvalue weighted by atomic mass is 10.1. The number of piperazine rings is 1. The second-order valence-electron chi connectivity index (χ2n) is 6.96. The van der Waals surface area contributed by atoms with Crippen LogP contribution in [0, 0.1) is 5.92 Å². The first-order chi connectivity index (χ1) is 12.0. The predicted octanol–water partition coefficient (Wildman–Crippen LogP) is 0.709. The van der Waals surface area contributed by atoms with Crippen LogP contribution in [0.4, 0.5) is 0 Å². The fraction of sp³-hybridized carbons (Fsp3) is 0.824. The summed E-state index contributed by atoms with van der Waals surface area (Å²) in [6, 6.07) is 0.103. The largest absolute Gasteiger partial charge is 0.424 e. The second kappa shape index (κ2) is 9.84. The van der Waals surface area contributed by atoms with Gasteiger partial charge in [0.25, 0.3) is 0 Å². The van der Waals surface area contributed by atoms with Crippen LogP contribution in [0.1, 0.15) is 38.6 Å². The molecule has 0 radical (unpaired) electrons. The van der Waals surface area contributed by atoms with Crippen LogP contribution in [0.3, 0.4) is 0 Å². The Morgan fingerprint density at radius 2 is 1.96 bits per heavy atom. The van der Waals surface area contributed by atoms with Crippen LogP contribution >= 0.6 is 0 Å². The van der Waals surface area contributed by atoms with Crippen molar-refractivity contribution in [2.24, 2.45) is 5.92 Å². The van der Waals surface area contributed by atoms with Crippen molar-refractivity contribution in [1.82, 2.24) is 25.3 Å². The van der Waals surface area contributed by atoms with Crippen molar-refractivity contribution < 1.29 is 13.9 Å². The molecule has 1 unspecified atom stereocenters. The first-order valence-electron chi connectivity index (χ1n) is 9.04. The van der Waals surface area contributed by atoms with Gasteiger partial charge in [0, 0.05) is 46.3 Å². The van der Waals surface area contributed by atoms with Gasteiger partial charge in [0.1, 0.15) is 0 Å². The quantitative estimate of drug-likeness (QED) is 0.655. The molecule has 1 aromatic heterocycles. The highest BCUT2D eigenvalue weighted by Gasteiger charge is 2.26. The van der Waals surface area contributed by atoms with E-state index in [2.05, 4.69) is 46.1 Å². The first-order valence-corrected chi connectivity index (χ1v) is 9.04. The van der Waals surface area contributed by atoms with Gasteiger partial charge in [-0.3, -0.25) is 14.6 Å². The summed E-state index contributed by atoms with van der Waals surface area (Å²) in [6.07, 6.45) is 0.811. The van der Waals surface area contributed by atoms with Crippen molar-refractivity contribution in [3.05, 3.63) is 11.8 Å². The lowest BCUT2D eigenvalue weighted by Gasteiger charge is -2.36. The summed E-state index contributed by atoms with van der Waals surface area (Å²) >= 11 is 0. The molecule has 2 heterocycles. The smallest absolute Gasteiger partial charge is 0.234 e. The highest BCUT2D eigenvalue weighted by Crippen LogP contribution is 2.21. The third-order valence-corrected chi connectivity index (χ3v) is 4.37. The number of carbonyl (C=O) groups excluding carboxylic acids is 1. The van der Waals surface area contributed by atoms with Crippen LogP contribution in [-0.4, -0.2) is 78.9 Å². The van der Waals surface area contributed by atoms with Crippen molar-refractivity contribution in [1.29, 1.82) is 0 Å². The number of methoxy groups -OCH3 is 1. The number of rotatable bonds is 9. The summed E-state index contributed by atoms with van der Waals surface area (Å²) in [7, 11) is 1.63. The Bertz CT molecular complexity index is 526. The summed E-state index contributed by atoms with van der Waals surface area (Å²) < 4.78 is 10.7. The molecule has 2 rings (SSSR count). The normalized spacial score (nSPS) is 17.8. The molecule has 1 atom stereocenters. The van der Waals surface area contributed by atoms with E-state index in [4.69, 9.17) is 9.15 Å². The highest BCUT2D eigenvalue weighted by atomic mass is 16.5. The molecule has 0 spiro atoms. The van der Waals surface area contributed by atoms with Gasteiger partial charge in [-0.1, -0.05) is 13.8 Å². The van der Waals surface area contributed by atoms with Crippen molar-refractivity contribution >= 4 is 5.91 Å². The van der Waals surface area contributed by atoms with E-state index in [1.807, 2.05) is 0 Å². The molecule has 1 saturated heterocycles. The highest BCUT2D eigenvalue weighted by molar-refractivity contribution is 5.77. The van der Waals surface area contributed by atoms with Crippen LogP contribution in [-0.2, 0) is 16.0 Å². The van der Waals surface area contributed by atoms with Gasteiger partial charge in [0.05, 0.1) is 19.2 Å². The van der Waals surface area contributed by atoms with E-state index in [-0.39, 0.29) is 11.9 Å². The third-order valence-electron chi connectivity index (χ3n) is 4.37. The van der Waals surface area contributed by atoms with Gasteiger partial charge in [0.15, 0.2) is 0 Å². The maximum atomic E-state index is 11.9. The zero-order chi connectivity index (χ0) is 18.2. The first kappa shape index (κ1) is 19.8. The summed E-state index contributed by atoms with van der Waals surface area (Å²) in [4.78, 5) is 16.4. The van der Waals surface area contributed by atoms with Gasteiger partial charge in [-0.05, 0) is 12.8 Å². The molecule has 8 nitrogen and oxygen atoms in total. The average Bonchev–Trinajstić information content (AvgIpc) is 3.03. The van der Waals surface area contributed by atoms with E-state index in [1.54, 1.807) is 7.11 Å². The van der Waals surface area contributed by atoms with Crippen molar-refractivity contribution in [2.45, 2.75) is 33.2 Å². The molecule has 25 heavy (non-hydrogen) atoms. The number of ether oxygens (including phenoxy) is 1. The number of carbonyl (C=O) groups is 1. The maximum Gasteiger partial charge on any atom is 0.234 e. The molecular weight excluding hydrogens is 322 g/mol. The standard InChI is InChI=1S/C17H31N5O3/c1-13(2)11-16-19-20-17(25-16)14(3)22-8-6-21(7-9-22)12-15(23)18-5-10-24-4/h13-14H,5-12H2,1-4H3,(H,18,23). The minimum absolute atomic E-state index is 0.0498. The van der Waals surface area contributed by atoms with E-state index < -0.39 is 0 Å². The molecule has 142 valence electrons. The SMILES string of the molecule is COCCNC(=O)CN1CCN(C(C)c2nnc(CC(C)C)o2)CC1. The van der Waals surface area contributed by atoms with E-state index in [0.29, 0.717) is 37.4 Å².